The highest BCUT2D eigenvalue weighted by molar-refractivity contribution is 6.30. The van der Waals surface area contributed by atoms with Crippen LogP contribution in [0.5, 0.6) is 0 Å². The van der Waals surface area contributed by atoms with E-state index in [4.69, 9.17) is 11.6 Å². The van der Waals surface area contributed by atoms with Crippen molar-refractivity contribution in [1.29, 1.82) is 0 Å². The van der Waals surface area contributed by atoms with E-state index >= 15 is 0 Å². The van der Waals surface area contributed by atoms with Crippen LogP contribution >= 0.6 is 11.6 Å². The van der Waals surface area contributed by atoms with E-state index in [2.05, 4.69) is 24.1 Å². The fraction of sp³-hybridized carbons (Fsp3) is 0.600. The first-order valence-electron chi connectivity index (χ1n) is 6.88. The van der Waals surface area contributed by atoms with E-state index in [-0.39, 0.29) is 11.4 Å². The lowest BCUT2D eigenvalue weighted by molar-refractivity contribution is 0.130. The minimum atomic E-state index is -0.196. The van der Waals surface area contributed by atoms with Crippen molar-refractivity contribution in [3.05, 3.63) is 34.6 Å². The molecule has 2 fully saturated rings. The number of rotatable bonds is 2. The van der Waals surface area contributed by atoms with Crippen LogP contribution < -0.4 is 5.32 Å². The molecule has 19 heavy (non-hydrogen) atoms. The Balaban J connectivity index is 1.80. The molecule has 0 saturated carbocycles. The third-order valence-electron chi connectivity index (χ3n) is 4.89. The van der Waals surface area contributed by atoms with Crippen molar-refractivity contribution >= 4 is 11.6 Å². The van der Waals surface area contributed by atoms with Gasteiger partial charge in [0.05, 0.1) is 0 Å². The minimum absolute atomic E-state index is 0.125. The van der Waals surface area contributed by atoms with Gasteiger partial charge in [0.1, 0.15) is 5.82 Å². The van der Waals surface area contributed by atoms with Crippen LogP contribution in [0.4, 0.5) is 4.39 Å². The molecular formula is C15H20ClFN2. The highest BCUT2D eigenvalue weighted by Gasteiger charge is 2.49. The molecule has 3 rings (SSSR count). The topological polar surface area (TPSA) is 15.3 Å². The van der Waals surface area contributed by atoms with Gasteiger partial charge in [-0.05, 0) is 44.4 Å². The maximum absolute atomic E-state index is 13.9. The predicted octanol–water partition coefficient (Wildman–Crippen LogP) is 2.91. The van der Waals surface area contributed by atoms with Crippen LogP contribution in [0.1, 0.15) is 19.4 Å². The van der Waals surface area contributed by atoms with E-state index in [1.807, 2.05) is 0 Å². The first-order valence-corrected chi connectivity index (χ1v) is 7.26. The Morgan fingerprint density at radius 3 is 2.89 bits per heavy atom. The molecule has 0 aromatic heterocycles. The summed E-state index contributed by atoms with van der Waals surface area (Å²) in [5, 5.41) is 3.93. The largest absolute Gasteiger partial charge is 0.316 e. The number of hydrogen-bond acceptors (Lipinski definition) is 2. The monoisotopic (exact) mass is 282 g/mol. The second-order valence-corrected chi connectivity index (χ2v) is 6.73. The zero-order chi connectivity index (χ0) is 13.6. The Morgan fingerprint density at radius 1 is 1.42 bits per heavy atom. The molecule has 1 N–H and O–H groups in total. The van der Waals surface area contributed by atoms with Crippen LogP contribution in [0.25, 0.3) is 0 Å². The van der Waals surface area contributed by atoms with Crippen LogP contribution in [0.2, 0.25) is 5.02 Å². The van der Waals surface area contributed by atoms with Gasteiger partial charge in [-0.2, -0.15) is 0 Å². The van der Waals surface area contributed by atoms with Gasteiger partial charge in [0, 0.05) is 35.8 Å². The van der Waals surface area contributed by atoms with E-state index in [1.165, 1.54) is 6.07 Å². The molecule has 2 aliphatic heterocycles. The van der Waals surface area contributed by atoms with E-state index < -0.39 is 0 Å². The van der Waals surface area contributed by atoms with Crippen LogP contribution in [-0.2, 0) is 6.54 Å². The van der Waals surface area contributed by atoms with Crippen molar-refractivity contribution in [2.45, 2.75) is 25.9 Å². The van der Waals surface area contributed by atoms with Gasteiger partial charge in [-0.15, -0.1) is 0 Å². The summed E-state index contributed by atoms with van der Waals surface area (Å²) in [6.45, 7) is 8.44. The lowest BCUT2D eigenvalue weighted by Gasteiger charge is -2.35. The van der Waals surface area contributed by atoms with Crippen molar-refractivity contribution < 1.29 is 4.39 Å². The Hall–Kier alpha value is -0.640. The zero-order valence-corrected chi connectivity index (χ0v) is 12.2. The Labute approximate surface area is 118 Å². The summed E-state index contributed by atoms with van der Waals surface area (Å²) >= 11 is 5.81. The molecule has 1 aromatic carbocycles. The average Bonchev–Trinajstić information content (AvgIpc) is 2.87. The molecule has 2 aliphatic rings. The van der Waals surface area contributed by atoms with Gasteiger partial charge in [-0.3, -0.25) is 4.90 Å². The summed E-state index contributed by atoms with van der Waals surface area (Å²) in [5.41, 5.74) is 0.866. The van der Waals surface area contributed by atoms with Crippen molar-refractivity contribution in [3.63, 3.8) is 0 Å². The van der Waals surface area contributed by atoms with Crippen molar-refractivity contribution in [1.82, 2.24) is 10.2 Å². The molecule has 2 atom stereocenters. The maximum atomic E-state index is 13.9. The number of fused-ring (bicyclic) bond motifs is 1. The van der Waals surface area contributed by atoms with Gasteiger partial charge >= 0.3 is 0 Å². The summed E-state index contributed by atoms with van der Waals surface area (Å²) in [7, 11) is 0. The average molecular weight is 283 g/mol. The molecule has 0 aliphatic carbocycles. The van der Waals surface area contributed by atoms with Crippen molar-refractivity contribution in [2.24, 2.45) is 11.8 Å². The van der Waals surface area contributed by atoms with E-state index in [0.717, 1.165) is 25.2 Å². The predicted molar refractivity (Wildman–Crippen MR) is 75.7 cm³/mol. The van der Waals surface area contributed by atoms with Crippen LogP contribution in [0.3, 0.4) is 0 Å². The molecule has 0 bridgehead atoms. The fourth-order valence-electron chi connectivity index (χ4n) is 3.63. The van der Waals surface area contributed by atoms with Gasteiger partial charge in [0.25, 0.3) is 0 Å². The normalized spacial score (nSPS) is 29.7. The molecule has 0 radical (unpaired) electrons. The number of halogens is 2. The number of benzene rings is 1. The molecule has 4 heteroatoms. The fourth-order valence-corrected chi connectivity index (χ4v) is 3.79. The molecule has 0 spiro atoms. The summed E-state index contributed by atoms with van der Waals surface area (Å²) in [6.07, 6.45) is 0. The number of likely N-dealkylation sites (tertiary alicyclic amines) is 1. The van der Waals surface area contributed by atoms with Crippen LogP contribution in [0, 0.1) is 17.7 Å². The highest BCUT2D eigenvalue weighted by atomic mass is 35.5. The minimum Gasteiger partial charge on any atom is -0.316 e. The SMILES string of the molecule is CC1(C)C2CNCC2CN1Cc1ccc(Cl)cc1F. The maximum Gasteiger partial charge on any atom is 0.129 e. The van der Waals surface area contributed by atoms with Crippen LogP contribution in [0.15, 0.2) is 18.2 Å². The van der Waals surface area contributed by atoms with E-state index in [9.17, 15) is 4.39 Å². The third kappa shape index (κ3) is 2.28. The number of hydrogen-bond donors (Lipinski definition) is 1. The summed E-state index contributed by atoms with van der Waals surface area (Å²) in [6, 6.07) is 4.98. The van der Waals surface area contributed by atoms with Gasteiger partial charge < -0.3 is 5.32 Å². The molecule has 2 heterocycles. The standard InChI is InChI=1S/C15H20ClFN2/c1-15(2)13-7-18-6-11(13)9-19(15)8-10-3-4-12(16)5-14(10)17/h3-5,11,13,18H,6-9H2,1-2H3. The van der Waals surface area contributed by atoms with Gasteiger partial charge in [0.2, 0.25) is 0 Å². The quantitative estimate of drug-likeness (QED) is 0.897. The third-order valence-corrected chi connectivity index (χ3v) is 5.13. The number of nitrogens with zero attached hydrogens (tertiary/aromatic N) is 1. The smallest absolute Gasteiger partial charge is 0.129 e. The second-order valence-electron chi connectivity index (χ2n) is 6.29. The van der Waals surface area contributed by atoms with Crippen LogP contribution in [-0.4, -0.2) is 30.1 Å². The van der Waals surface area contributed by atoms with Gasteiger partial charge in [-0.1, -0.05) is 17.7 Å². The van der Waals surface area contributed by atoms with Crippen molar-refractivity contribution in [3.8, 4) is 0 Å². The molecule has 2 nitrogen and oxygen atoms in total. The first kappa shape index (κ1) is 13.3. The lowest BCUT2D eigenvalue weighted by atomic mass is 9.85. The molecule has 1 aromatic rings. The highest BCUT2D eigenvalue weighted by Crippen LogP contribution is 2.41. The summed E-state index contributed by atoms with van der Waals surface area (Å²) in [5.74, 6) is 1.17. The Kier molecular flexibility index (Phi) is 3.32. The van der Waals surface area contributed by atoms with E-state index in [1.54, 1.807) is 12.1 Å². The Bertz CT molecular complexity index is 489. The van der Waals surface area contributed by atoms with Gasteiger partial charge in [0.15, 0.2) is 0 Å². The molecule has 2 saturated heterocycles. The lowest BCUT2D eigenvalue weighted by Crippen LogP contribution is -2.44. The Morgan fingerprint density at radius 2 is 2.21 bits per heavy atom. The molecule has 104 valence electrons. The van der Waals surface area contributed by atoms with E-state index in [0.29, 0.717) is 23.4 Å². The van der Waals surface area contributed by atoms with Gasteiger partial charge in [-0.25, -0.2) is 4.39 Å². The summed E-state index contributed by atoms with van der Waals surface area (Å²) < 4.78 is 13.9. The molecule has 0 amide bonds. The second kappa shape index (κ2) is 4.72. The summed E-state index contributed by atoms with van der Waals surface area (Å²) in [4.78, 5) is 2.41. The van der Waals surface area contributed by atoms with Crippen molar-refractivity contribution in [2.75, 3.05) is 19.6 Å². The number of nitrogens with one attached hydrogen (secondary N) is 1. The zero-order valence-electron chi connectivity index (χ0n) is 11.4. The first-order chi connectivity index (χ1) is 8.98. The molecule has 2 unspecified atom stereocenters. The molecular weight excluding hydrogens is 263 g/mol.